The second kappa shape index (κ2) is 10.6. The van der Waals surface area contributed by atoms with Gasteiger partial charge in [-0.05, 0) is 104 Å². The molecule has 0 aromatic carbocycles. The van der Waals surface area contributed by atoms with E-state index in [4.69, 9.17) is 0 Å². The van der Waals surface area contributed by atoms with Crippen molar-refractivity contribution in [3.63, 3.8) is 0 Å². The minimum absolute atomic E-state index is 0. The standard InChI is InChI=1S/C27H46.C2H6.CH4/c1-19(2)8-6-7-9-21-11-13-24-23-12-10-22-18-20(3)14-16-27(22,5)25(23)15-17-26(21,24)4;1-2;/h10,19-21,23-25H,6-9,11-18H2,1-5H3;1-2H3;1H4/t20?,21?,23?,24?,25?,26-,27?;;/m1../s1. The average Bonchev–Trinajstić information content (AvgIpc) is 3.03. The van der Waals surface area contributed by atoms with Crippen LogP contribution in [-0.2, 0) is 0 Å². The largest absolute Gasteiger partial charge is 0.0845 e. The molecule has 4 aliphatic rings. The topological polar surface area (TPSA) is 0 Å². The van der Waals surface area contributed by atoms with E-state index in [-0.39, 0.29) is 7.43 Å². The molecule has 0 aromatic rings. The highest BCUT2D eigenvalue weighted by Crippen LogP contribution is 2.67. The van der Waals surface area contributed by atoms with Gasteiger partial charge in [0.1, 0.15) is 0 Å². The summed E-state index contributed by atoms with van der Waals surface area (Å²) in [7, 11) is 0. The monoisotopic (exact) mass is 416 g/mol. The number of fused-ring (bicyclic) bond motifs is 5. The minimum Gasteiger partial charge on any atom is -0.0845 e. The Kier molecular flexibility index (Phi) is 9.16. The smallest absolute Gasteiger partial charge is 0.00851 e. The molecule has 3 saturated carbocycles. The van der Waals surface area contributed by atoms with E-state index < -0.39 is 0 Å². The molecule has 0 radical (unpaired) electrons. The molecule has 0 heteroatoms. The molecule has 4 aliphatic carbocycles. The summed E-state index contributed by atoms with van der Waals surface area (Å²) in [6.07, 6.45) is 20.6. The van der Waals surface area contributed by atoms with E-state index in [0.717, 1.165) is 35.5 Å². The van der Waals surface area contributed by atoms with E-state index in [1.54, 1.807) is 6.42 Å². The van der Waals surface area contributed by atoms with Crippen LogP contribution < -0.4 is 0 Å². The van der Waals surface area contributed by atoms with Crippen molar-refractivity contribution in [3.8, 4) is 0 Å². The van der Waals surface area contributed by atoms with Crippen molar-refractivity contribution in [3.05, 3.63) is 11.6 Å². The second-order valence-corrected chi connectivity index (χ2v) is 12.1. The molecule has 0 spiro atoms. The first-order valence-corrected chi connectivity index (χ1v) is 13.5. The Hall–Kier alpha value is -0.260. The van der Waals surface area contributed by atoms with Gasteiger partial charge >= 0.3 is 0 Å². The normalized spacial score (nSPS) is 42.1. The molecular formula is C30H56. The molecule has 0 amide bonds. The maximum atomic E-state index is 2.75. The predicted molar refractivity (Wildman–Crippen MR) is 136 cm³/mol. The summed E-state index contributed by atoms with van der Waals surface area (Å²) in [5, 5.41) is 0. The summed E-state index contributed by atoms with van der Waals surface area (Å²) >= 11 is 0. The molecule has 0 nitrogen and oxygen atoms in total. The first kappa shape index (κ1) is 26.0. The fourth-order valence-corrected chi connectivity index (χ4v) is 8.37. The van der Waals surface area contributed by atoms with Gasteiger partial charge < -0.3 is 0 Å². The van der Waals surface area contributed by atoms with Crippen molar-refractivity contribution in [2.45, 2.75) is 133 Å². The van der Waals surface area contributed by atoms with Crippen LogP contribution in [0.1, 0.15) is 133 Å². The summed E-state index contributed by atoms with van der Waals surface area (Å²) in [6.45, 7) is 16.6. The molecule has 4 rings (SSSR count). The Morgan fingerprint density at radius 1 is 0.967 bits per heavy atom. The summed E-state index contributed by atoms with van der Waals surface area (Å²) in [5.74, 6) is 5.88. The van der Waals surface area contributed by atoms with Gasteiger partial charge in [0, 0.05) is 0 Å². The lowest BCUT2D eigenvalue weighted by atomic mass is 9.47. The van der Waals surface area contributed by atoms with Crippen LogP contribution in [0.4, 0.5) is 0 Å². The summed E-state index contributed by atoms with van der Waals surface area (Å²) in [5.41, 5.74) is 3.10. The van der Waals surface area contributed by atoms with Crippen LogP contribution in [-0.4, -0.2) is 0 Å². The van der Waals surface area contributed by atoms with Crippen molar-refractivity contribution in [1.29, 1.82) is 0 Å². The first-order valence-electron chi connectivity index (χ1n) is 13.5. The lowest BCUT2D eigenvalue weighted by molar-refractivity contribution is -0.0450. The number of rotatable bonds is 5. The quantitative estimate of drug-likeness (QED) is 0.309. The van der Waals surface area contributed by atoms with Crippen LogP contribution in [0.2, 0.25) is 0 Å². The number of hydrogen-bond acceptors (Lipinski definition) is 0. The molecule has 7 atom stereocenters. The van der Waals surface area contributed by atoms with Crippen LogP contribution >= 0.6 is 0 Å². The van der Waals surface area contributed by atoms with Gasteiger partial charge in [-0.2, -0.15) is 0 Å². The fraction of sp³-hybridized carbons (Fsp3) is 0.933. The Morgan fingerprint density at radius 3 is 2.40 bits per heavy atom. The van der Waals surface area contributed by atoms with Crippen LogP contribution in [0.5, 0.6) is 0 Å². The molecule has 6 unspecified atom stereocenters. The number of unbranched alkanes of at least 4 members (excludes halogenated alkanes) is 1. The SMILES string of the molecule is C.CC.CC(C)CCCCC1CCC2C3CC=C4CC(C)CCC4(C)C3CC[C@]12C. The molecule has 0 bridgehead atoms. The van der Waals surface area contributed by atoms with Crippen molar-refractivity contribution < 1.29 is 0 Å². The molecule has 0 N–H and O–H groups in total. The van der Waals surface area contributed by atoms with Crippen molar-refractivity contribution in [1.82, 2.24) is 0 Å². The Balaban J connectivity index is 0.00000104. The minimum atomic E-state index is 0. The highest BCUT2D eigenvalue weighted by molar-refractivity contribution is 5.24. The van der Waals surface area contributed by atoms with Gasteiger partial charge in [-0.3, -0.25) is 0 Å². The highest BCUT2D eigenvalue weighted by atomic mass is 14.6. The van der Waals surface area contributed by atoms with Gasteiger partial charge in [0.2, 0.25) is 0 Å². The van der Waals surface area contributed by atoms with E-state index in [1.165, 1.54) is 70.6 Å². The lowest BCUT2D eigenvalue weighted by Crippen LogP contribution is -2.49. The van der Waals surface area contributed by atoms with E-state index in [2.05, 4.69) is 40.7 Å². The van der Waals surface area contributed by atoms with Gasteiger partial charge in [-0.1, -0.05) is 86.8 Å². The Morgan fingerprint density at radius 2 is 1.70 bits per heavy atom. The summed E-state index contributed by atoms with van der Waals surface area (Å²) in [4.78, 5) is 0. The van der Waals surface area contributed by atoms with Gasteiger partial charge in [0.05, 0.1) is 0 Å². The zero-order chi connectivity index (χ0) is 21.2. The van der Waals surface area contributed by atoms with Crippen molar-refractivity contribution in [2.24, 2.45) is 46.3 Å². The third-order valence-corrected chi connectivity index (χ3v) is 10.1. The molecule has 3 fully saturated rings. The molecule has 0 aromatic heterocycles. The summed E-state index contributed by atoms with van der Waals surface area (Å²) in [6, 6.07) is 0. The fourth-order valence-electron chi connectivity index (χ4n) is 8.37. The van der Waals surface area contributed by atoms with E-state index in [1.807, 2.05) is 19.4 Å². The van der Waals surface area contributed by atoms with Crippen molar-refractivity contribution in [2.75, 3.05) is 0 Å². The molecule has 0 heterocycles. The molecule has 30 heavy (non-hydrogen) atoms. The first-order chi connectivity index (χ1) is 13.8. The van der Waals surface area contributed by atoms with E-state index in [0.29, 0.717) is 10.8 Å². The second-order valence-electron chi connectivity index (χ2n) is 12.1. The molecular weight excluding hydrogens is 360 g/mol. The van der Waals surface area contributed by atoms with Crippen LogP contribution in [0.3, 0.4) is 0 Å². The molecule has 0 aliphatic heterocycles. The van der Waals surface area contributed by atoms with Crippen molar-refractivity contribution >= 4 is 0 Å². The Labute approximate surface area is 191 Å². The Bertz CT molecular complexity index is 556. The zero-order valence-electron chi connectivity index (χ0n) is 21.0. The maximum absolute atomic E-state index is 2.75. The van der Waals surface area contributed by atoms with Crippen LogP contribution in [0, 0.1) is 46.3 Å². The predicted octanol–water partition coefficient (Wildman–Crippen LogP) is 10.1. The number of hydrogen-bond donors (Lipinski definition) is 0. The zero-order valence-corrected chi connectivity index (χ0v) is 21.0. The number of allylic oxidation sites excluding steroid dienone is 2. The maximum Gasteiger partial charge on any atom is -0.00851 e. The van der Waals surface area contributed by atoms with Crippen LogP contribution in [0.25, 0.3) is 0 Å². The third kappa shape index (κ3) is 4.73. The third-order valence-electron chi connectivity index (χ3n) is 10.1. The van der Waals surface area contributed by atoms with Gasteiger partial charge in [0.25, 0.3) is 0 Å². The van der Waals surface area contributed by atoms with E-state index >= 15 is 0 Å². The lowest BCUT2D eigenvalue weighted by Gasteiger charge is -2.58. The molecule has 176 valence electrons. The van der Waals surface area contributed by atoms with Gasteiger partial charge in [-0.25, -0.2) is 0 Å². The van der Waals surface area contributed by atoms with Gasteiger partial charge in [0.15, 0.2) is 0 Å². The molecule has 0 saturated heterocycles. The highest BCUT2D eigenvalue weighted by Gasteiger charge is 2.58. The van der Waals surface area contributed by atoms with E-state index in [9.17, 15) is 0 Å². The average molecular weight is 417 g/mol. The van der Waals surface area contributed by atoms with Crippen LogP contribution in [0.15, 0.2) is 11.6 Å². The van der Waals surface area contributed by atoms with Gasteiger partial charge in [-0.15, -0.1) is 0 Å². The summed E-state index contributed by atoms with van der Waals surface area (Å²) < 4.78 is 0.